The summed E-state index contributed by atoms with van der Waals surface area (Å²) >= 11 is 12.0. The zero-order valence-electron chi connectivity index (χ0n) is 9.61. The number of benzene rings is 1. The largest absolute Gasteiger partial charge is 0.0843 e. The molecule has 15 heavy (non-hydrogen) atoms. The number of halogens is 2. The quantitative estimate of drug-likeness (QED) is 0.616. The Labute approximate surface area is 103 Å². The minimum Gasteiger partial charge on any atom is -0.0843 e. The molecule has 0 bridgehead atoms. The van der Waals surface area contributed by atoms with Crippen LogP contribution in [0.1, 0.15) is 45.6 Å². The van der Waals surface area contributed by atoms with Gasteiger partial charge in [0.05, 0.1) is 0 Å². The van der Waals surface area contributed by atoms with Crippen molar-refractivity contribution in [2.75, 3.05) is 0 Å². The van der Waals surface area contributed by atoms with Gasteiger partial charge in [-0.2, -0.15) is 0 Å². The molecule has 0 aromatic heterocycles. The van der Waals surface area contributed by atoms with Gasteiger partial charge in [0.1, 0.15) is 0 Å². The SMILES string of the molecule is CC.CC1(c2ccc(Cl)cc2Cl)CCC1. The smallest absolute Gasteiger partial charge is 0.0458 e. The minimum absolute atomic E-state index is 0.307. The van der Waals surface area contributed by atoms with Crippen molar-refractivity contribution in [3.05, 3.63) is 33.8 Å². The average molecular weight is 245 g/mol. The molecule has 0 amide bonds. The van der Waals surface area contributed by atoms with Crippen LogP contribution in [0.4, 0.5) is 0 Å². The van der Waals surface area contributed by atoms with Crippen LogP contribution in [0.25, 0.3) is 0 Å². The highest BCUT2D eigenvalue weighted by Gasteiger charge is 2.34. The van der Waals surface area contributed by atoms with Gasteiger partial charge in [0.2, 0.25) is 0 Å². The average Bonchev–Trinajstić information content (AvgIpc) is 2.18. The third kappa shape index (κ3) is 2.68. The summed E-state index contributed by atoms with van der Waals surface area (Å²) in [5.74, 6) is 0. The van der Waals surface area contributed by atoms with E-state index in [9.17, 15) is 0 Å². The Bertz CT molecular complexity index is 327. The van der Waals surface area contributed by atoms with E-state index in [1.54, 1.807) is 0 Å². The highest BCUT2D eigenvalue weighted by molar-refractivity contribution is 6.35. The van der Waals surface area contributed by atoms with Crippen molar-refractivity contribution in [3.63, 3.8) is 0 Å². The van der Waals surface area contributed by atoms with Gasteiger partial charge in [-0.1, -0.05) is 56.5 Å². The predicted octanol–water partition coefficient (Wildman–Crippen LogP) is 5.46. The molecular weight excluding hydrogens is 227 g/mol. The fourth-order valence-corrected chi connectivity index (χ4v) is 2.59. The highest BCUT2D eigenvalue weighted by atomic mass is 35.5. The molecule has 0 aliphatic heterocycles. The van der Waals surface area contributed by atoms with Crippen molar-refractivity contribution in [3.8, 4) is 0 Å². The van der Waals surface area contributed by atoms with Crippen LogP contribution in [0.15, 0.2) is 18.2 Å². The molecule has 1 saturated carbocycles. The molecule has 84 valence electrons. The maximum Gasteiger partial charge on any atom is 0.0458 e. The summed E-state index contributed by atoms with van der Waals surface area (Å²) in [4.78, 5) is 0. The van der Waals surface area contributed by atoms with Gasteiger partial charge in [0, 0.05) is 10.0 Å². The molecule has 0 atom stereocenters. The van der Waals surface area contributed by atoms with Crippen LogP contribution in [0, 0.1) is 0 Å². The van der Waals surface area contributed by atoms with Gasteiger partial charge in [0.25, 0.3) is 0 Å². The van der Waals surface area contributed by atoms with Gasteiger partial charge in [-0.05, 0) is 36.0 Å². The van der Waals surface area contributed by atoms with Crippen LogP contribution in [-0.2, 0) is 5.41 Å². The molecular formula is C13H18Cl2. The third-order valence-corrected chi connectivity index (χ3v) is 3.59. The van der Waals surface area contributed by atoms with Crippen molar-refractivity contribution >= 4 is 23.2 Å². The van der Waals surface area contributed by atoms with Gasteiger partial charge in [-0.15, -0.1) is 0 Å². The predicted molar refractivity (Wildman–Crippen MR) is 69.0 cm³/mol. The van der Waals surface area contributed by atoms with E-state index in [1.807, 2.05) is 26.0 Å². The Balaban J connectivity index is 0.000000531. The molecule has 0 unspecified atom stereocenters. The topological polar surface area (TPSA) is 0 Å². The number of hydrogen-bond donors (Lipinski definition) is 0. The van der Waals surface area contributed by atoms with Crippen LogP contribution >= 0.6 is 23.2 Å². The molecule has 0 spiro atoms. The zero-order chi connectivity index (χ0) is 11.5. The molecule has 0 nitrogen and oxygen atoms in total. The Hall–Kier alpha value is -0.200. The second kappa shape index (κ2) is 5.23. The Morgan fingerprint density at radius 2 is 1.73 bits per heavy atom. The second-order valence-electron chi connectivity index (χ2n) is 4.04. The van der Waals surface area contributed by atoms with Gasteiger partial charge in [-0.3, -0.25) is 0 Å². The summed E-state index contributed by atoms with van der Waals surface area (Å²) in [6.45, 7) is 6.27. The minimum atomic E-state index is 0.307. The molecule has 0 heterocycles. The first-order valence-corrected chi connectivity index (χ1v) is 6.33. The summed E-state index contributed by atoms with van der Waals surface area (Å²) in [5, 5.41) is 1.53. The lowest BCUT2D eigenvalue weighted by atomic mass is 9.66. The third-order valence-electron chi connectivity index (χ3n) is 3.04. The standard InChI is InChI=1S/C11H12Cl2.C2H6/c1-11(5-2-6-11)9-4-3-8(12)7-10(9)13;1-2/h3-4,7H,2,5-6H2,1H3;1-2H3. The van der Waals surface area contributed by atoms with E-state index in [-0.39, 0.29) is 0 Å². The maximum atomic E-state index is 6.14. The Morgan fingerprint density at radius 1 is 1.13 bits per heavy atom. The Kier molecular flexibility index (Phi) is 4.48. The fourth-order valence-electron chi connectivity index (χ4n) is 1.96. The van der Waals surface area contributed by atoms with Crippen molar-refractivity contribution in [1.29, 1.82) is 0 Å². The van der Waals surface area contributed by atoms with Gasteiger partial charge >= 0.3 is 0 Å². The van der Waals surface area contributed by atoms with Crippen LogP contribution in [0.5, 0.6) is 0 Å². The molecule has 0 N–H and O–H groups in total. The van der Waals surface area contributed by atoms with Gasteiger partial charge < -0.3 is 0 Å². The van der Waals surface area contributed by atoms with Crippen molar-refractivity contribution in [2.24, 2.45) is 0 Å². The van der Waals surface area contributed by atoms with E-state index in [0.717, 1.165) is 10.0 Å². The number of rotatable bonds is 1. The van der Waals surface area contributed by atoms with E-state index in [0.29, 0.717) is 5.41 Å². The Morgan fingerprint density at radius 3 is 2.13 bits per heavy atom. The monoisotopic (exact) mass is 244 g/mol. The van der Waals surface area contributed by atoms with Crippen LogP contribution in [0.2, 0.25) is 10.0 Å². The first-order valence-electron chi connectivity index (χ1n) is 5.57. The summed E-state index contributed by atoms with van der Waals surface area (Å²) in [7, 11) is 0. The highest BCUT2D eigenvalue weighted by Crippen LogP contribution is 2.46. The van der Waals surface area contributed by atoms with E-state index in [2.05, 4.69) is 13.0 Å². The lowest BCUT2D eigenvalue weighted by molar-refractivity contribution is 0.272. The molecule has 1 aliphatic rings. The lowest BCUT2D eigenvalue weighted by Gasteiger charge is -2.39. The van der Waals surface area contributed by atoms with Crippen LogP contribution < -0.4 is 0 Å². The summed E-state index contributed by atoms with van der Waals surface area (Å²) in [5.41, 5.74) is 1.56. The molecule has 1 aliphatic carbocycles. The number of hydrogen-bond acceptors (Lipinski definition) is 0. The summed E-state index contributed by atoms with van der Waals surface area (Å²) < 4.78 is 0. The van der Waals surface area contributed by atoms with Crippen molar-refractivity contribution in [2.45, 2.75) is 45.4 Å². The molecule has 2 heteroatoms. The molecule has 2 rings (SSSR count). The lowest BCUT2D eigenvalue weighted by Crippen LogP contribution is -2.30. The zero-order valence-corrected chi connectivity index (χ0v) is 11.1. The van der Waals surface area contributed by atoms with Crippen molar-refractivity contribution < 1.29 is 0 Å². The van der Waals surface area contributed by atoms with Crippen LogP contribution in [-0.4, -0.2) is 0 Å². The maximum absolute atomic E-state index is 6.14. The van der Waals surface area contributed by atoms with Crippen molar-refractivity contribution in [1.82, 2.24) is 0 Å². The summed E-state index contributed by atoms with van der Waals surface area (Å²) in [6.07, 6.45) is 3.80. The molecule has 0 saturated heterocycles. The van der Waals surface area contributed by atoms with Crippen LogP contribution in [0.3, 0.4) is 0 Å². The fraction of sp³-hybridized carbons (Fsp3) is 0.538. The van der Waals surface area contributed by atoms with Gasteiger partial charge in [-0.25, -0.2) is 0 Å². The van der Waals surface area contributed by atoms with E-state index < -0.39 is 0 Å². The molecule has 0 radical (unpaired) electrons. The first kappa shape index (κ1) is 12.9. The molecule has 1 aromatic carbocycles. The van der Waals surface area contributed by atoms with E-state index in [1.165, 1.54) is 24.8 Å². The second-order valence-corrected chi connectivity index (χ2v) is 4.88. The van der Waals surface area contributed by atoms with E-state index in [4.69, 9.17) is 23.2 Å². The molecule has 1 aromatic rings. The van der Waals surface area contributed by atoms with E-state index >= 15 is 0 Å². The first-order chi connectivity index (χ1) is 7.12. The van der Waals surface area contributed by atoms with Gasteiger partial charge in [0.15, 0.2) is 0 Å². The summed E-state index contributed by atoms with van der Waals surface area (Å²) in [6, 6.07) is 5.82. The molecule has 1 fully saturated rings. The normalized spacial score (nSPS) is 17.4.